The molecule has 2 N–H and O–H groups in total. The smallest absolute Gasteiger partial charge is 0.354 e. The fourth-order valence-corrected chi connectivity index (χ4v) is 1.65. The van der Waals surface area contributed by atoms with E-state index in [1.165, 1.54) is 25.1 Å². The van der Waals surface area contributed by atoms with Crippen molar-refractivity contribution in [2.24, 2.45) is 0 Å². The number of aromatic nitrogens is 2. The molecule has 17 heavy (non-hydrogen) atoms. The van der Waals surface area contributed by atoms with Crippen molar-refractivity contribution in [3.05, 3.63) is 52.0 Å². The predicted molar refractivity (Wildman–Crippen MR) is 58.0 cm³/mol. The van der Waals surface area contributed by atoms with Crippen molar-refractivity contribution in [2.45, 2.75) is 6.92 Å². The third kappa shape index (κ3) is 1.73. The highest BCUT2D eigenvalue weighted by molar-refractivity contribution is 5.86. The molecule has 0 aliphatic rings. The van der Waals surface area contributed by atoms with Crippen LogP contribution in [-0.4, -0.2) is 20.6 Å². The Kier molecular flexibility index (Phi) is 2.55. The molecule has 2 rings (SSSR count). The second-order valence-corrected chi connectivity index (χ2v) is 3.48. The maximum absolute atomic E-state index is 13.5. The zero-order chi connectivity index (χ0) is 12.6. The lowest BCUT2D eigenvalue weighted by atomic mass is 10.3. The number of nitrogens with one attached hydrogen (secondary N) is 1. The highest BCUT2D eigenvalue weighted by Crippen LogP contribution is 2.14. The zero-order valence-electron chi connectivity index (χ0n) is 8.90. The van der Waals surface area contributed by atoms with Crippen molar-refractivity contribution in [2.75, 3.05) is 0 Å². The molecule has 2 aromatic rings. The fraction of sp³-hybridized carbons (Fsp3) is 0.0909. The van der Waals surface area contributed by atoms with Crippen LogP contribution < -0.4 is 5.69 Å². The number of carboxylic acids is 1. The van der Waals surface area contributed by atoms with Gasteiger partial charge in [-0.3, -0.25) is 9.55 Å². The maximum atomic E-state index is 13.5. The number of carbonyl (C=O) groups is 1. The normalized spacial score (nSPS) is 10.5. The van der Waals surface area contributed by atoms with Gasteiger partial charge in [0, 0.05) is 0 Å². The summed E-state index contributed by atoms with van der Waals surface area (Å²) in [4.78, 5) is 24.6. The topological polar surface area (TPSA) is 75.1 Å². The molecular formula is C11H9FN2O3. The molecule has 1 heterocycles. The Morgan fingerprint density at radius 1 is 1.41 bits per heavy atom. The minimum Gasteiger partial charge on any atom is -0.477 e. The lowest BCUT2D eigenvalue weighted by molar-refractivity contribution is 0.0690. The molecule has 0 aliphatic carbocycles. The van der Waals surface area contributed by atoms with Gasteiger partial charge in [-0.2, -0.15) is 0 Å². The van der Waals surface area contributed by atoms with Crippen molar-refractivity contribution >= 4 is 5.97 Å². The summed E-state index contributed by atoms with van der Waals surface area (Å²) in [6, 6.07) is 5.67. The molecule has 1 aromatic carbocycles. The number of halogens is 1. The summed E-state index contributed by atoms with van der Waals surface area (Å²) in [7, 11) is 0. The van der Waals surface area contributed by atoms with E-state index in [0.717, 1.165) is 4.57 Å². The van der Waals surface area contributed by atoms with Crippen molar-refractivity contribution in [3.8, 4) is 5.69 Å². The largest absolute Gasteiger partial charge is 0.477 e. The van der Waals surface area contributed by atoms with Crippen LogP contribution in [0.1, 0.15) is 16.2 Å². The van der Waals surface area contributed by atoms with E-state index >= 15 is 0 Å². The van der Waals surface area contributed by atoms with E-state index in [-0.39, 0.29) is 17.1 Å². The standard InChI is InChI=1S/C11H9FN2O3/c1-6-9(10(15)16)13-11(17)14(6)8-5-3-2-4-7(8)12/h2-5H,1H3,(H,13,17)(H,15,16). The number of hydrogen-bond donors (Lipinski definition) is 2. The highest BCUT2D eigenvalue weighted by atomic mass is 19.1. The van der Waals surface area contributed by atoms with Crippen LogP contribution >= 0.6 is 0 Å². The minimum atomic E-state index is -1.25. The monoisotopic (exact) mass is 236 g/mol. The average Bonchev–Trinajstić information content (AvgIpc) is 2.56. The second-order valence-electron chi connectivity index (χ2n) is 3.48. The molecule has 0 fully saturated rings. The molecule has 0 saturated heterocycles. The first-order valence-corrected chi connectivity index (χ1v) is 4.82. The van der Waals surface area contributed by atoms with Crippen LogP contribution in [0.25, 0.3) is 5.69 Å². The van der Waals surface area contributed by atoms with Crippen molar-refractivity contribution in [1.29, 1.82) is 0 Å². The van der Waals surface area contributed by atoms with Crippen molar-refractivity contribution in [1.82, 2.24) is 9.55 Å². The number of H-pyrrole nitrogens is 1. The van der Waals surface area contributed by atoms with Gasteiger partial charge in [0.15, 0.2) is 0 Å². The molecular weight excluding hydrogens is 227 g/mol. The van der Waals surface area contributed by atoms with E-state index in [9.17, 15) is 14.0 Å². The molecule has 5 nitrogen and oxygen atoms in total. The van der Waals surface area contributed by atoms with Gasteiger partial charge in [-0.15, -0.1) is 0 Å². The first-order valence-electron chi connectivity index (χ1n) is 4.82. The number of carboxylic acid groups (broad SMARTS) is 1. The summed E-state index contributed by atoms with van der Waals surface area (Å²) in [6.45, 7) is 1.44. The Hall–Kier alpha value is -2.37. The van der Waals surface area contributed by atoms with Gasteiger partial charge in [-0.1, -0.05) is 12.1 Å². The number of aromatic amines is 1. The second kappa shape index (κ2) is 3.89. The van der Waals surface area contributed by atoms with Gasteiger partial charge >= 0.3 is 11.7 Å². The maximum Gasteiger partial charge on any atom is 0.354 e. The van der Waals surface area contributed by atoms with Gasteiger partial charge in [-0.05, 0) is 19.1 Å². The number of rotatable bonds is 2. The van der Waals surface area contributed by atoms with Crippen LogP contribution in [0.2, 0.25) is 0 Å². The number of hydrogen-bond acceptors (Lipinski definition) is 2. The number of nitrogens with zero attached hydrogens (tertiary/aromatic N) is 1. The Morgan fingerprint density at radius 3 is 2.59 bits per heavy atom. The summed E-state index contributed by atoms with van der Waals surface area (Å²) >= 11 is 0. The lowest BCUT2D eigenvalue weighted by Gasteiger charge is -2.04. The highest BCUT2D eigenvalue weighted by Gasteiger charge is 2.18. The minimum absolute atomic E-state index is 0.0266. The van der Waals surface area contributed by atoms with E-state index in [4.69, 9.17) is 5.11 Å². The van der Waals surface area contributed by atoms with E-state index in [1.54, 1.807) is 6.07 Å². The Bertz CT molecular complexity index is 642. The van der Waals surface area contributed by atoms with Crippen LogP contribution in [0.5, 0.6) is 0 Å². The quantitative estimate of drug-likeness (QED) is 0.825. The van der Waals surface area contributed by atoms with E-state index in [1.807, 2.05) is 0 Å². The zero-order valence-corrected chi connectivity index (χ0v) is 8.90. The number of aromatic carboxylic acids is 1. The van der Waals surface area contributed by atoms with Crippen LogP contribution in [0, 0.1) is 12.7 Å². The predicted octanol–water partition coefficient (Wildman–Crippen LogP) is 1.31. The molecule has 1 aromatic heterocycles. The molecule has 88 valence electrons. The van der Waals surface area contributed by atoms with Crippen LogP contribution in [-0.2, 0) is 0 Å². The molecule has 0 saturated carbocycles. The first-order chi connectivity index (χ1) is 8.02. The molecule has 0 unspecified atom stereocenters. The number of imidazole rings is 1. The van der Waals surface area contributed by atoms with Crippen molar-refractivity contribution in [3.63, 3.8) is 0 Å². The van der Waals surface area contributed by atoms with E-state index in [2.05, 4.69) is 4.98 Å². The molecule has 0 radical (unpaired) electrons. The average molecular weight is 236 g/mol. The summed E-state index contributed by atoms with van der Waals surface area (Å²) in [6.07, 6.45) is 0. The van der Waals surface area contributed by atoms with Gasteiger partial charge in [0.2, 0.25) is 0 Å². The van der Waals surface area contributed by atoms with Crippen LogP contribution in [0.4, 0.5) is 4.39 Å². The van der Waals surface area contributed by atoms with Crippen LogP contribution in [0.15, 0.2) is 29.1 Å². The Morgan fingerprint density at radius 2 is 2.06 bits per heavy atom. The van der Waals surface area contributed by atoms with Gasteiger partial charge in [0.25, 0.3) is 0 Å². The molecule has 0 amide bonds. The summed E-state index contributed by atoms with van der Waals surface area (Å²) < 4.78 is 14.5. The third-order valence-corrected chi connectivity index (χ3v) is 2.44. The Labute approximate surface area is 95.1 Å². The van der Waals surface area contributed by atoms with E-state index < -0.39 is 17.5 Å². The van der Waals surface area contributed by atoms with Gasteiger partial charge in [0.1, 0.15) is 11.5 Å². The lowest BCUT2D eigenvalue weighted by Crippen LogP contribution is -2.16. The Balaban J connectivity index is 2.73. The molecule has 0 atom stereocenters. The molecule has 0 spiro atoms. The molecule has 0 bridgehead atoms. The van der Waals surface area contributed by atoms with Gasteiger partial charge in [-0.25, -0.2) is 14.0 Å². The molecule has 0 aliphatic heterocycles. The van der Waals surface area contributed by atoms with Crippen LogP contribution in [0.3, 0.4) is 0 Å². The SMILES string of the molecule is Cc1c(C(=O)O)[nH]c(=O)n1-c1ccccc1F. The summed E-state index contributed by atoms with van der Waals surface area (Å²) in [5.41, 5.74) is -0.727. The first kappa shape index (κ1) is 11.1. The number of benzene rings is 1. The summed E-state index contributed by atoms with van der Waals surface area (Å²) in [5.74, 6) is -1.84. The number of para-hydroxylation sites is 1. The third-order valence-electron chi connectivity index (χ3n) is 2.44. The van der Waals surface area contributed by atoms with Gasteiger partial charge in [0.05, 0.1) is 11.4 Å². The molecule has 6 heteroatoms. The van der Waals surface area contributed by atoms with E-state index in [0.29, 0.717) is 0 Å². The summed E-state index contributed by atoms with van der Waals surface area (Å²) in [5, 5.41) is 8.84. The van der Waals surface area contributed by atoms with Gasteiger partial charge < -0.3 is 5.11 Å². The fourth-order valence-electron chi connectivity index (χ4n) is 1.65. The van der Waals surface area contributed by atoms with Crippen molar-refractivity contribution < 1.29 is 14.3 Å².